The van der Waals surface area contributed by atoms with Gasteiger partial charge in [0.25, 0.3) is 0 Å². The molecule has 3 heteroatoms. The zero-order chi connectivity index (χ0) is 9.97. The topological polar surface area (TPSA) is 33.1 Å². The van der Waals surface area contributed by atoms with E-state index in [0.29, 0.717) is 12.3 Å². The summed E-state index contributed by atoms with van der Waals surface area (Å²) < 4.78 is 13.2. The number of nitrogens with zero attached hydrogens (tertiary/aromatic N) is 1. The molecule has 1 aromatic heterocycles. The van der Waals surface area contributed by atoms with Gasteiger partial charge in [-0.2, -0.15) is 0 Å². The Kier molecular flexibility index (Phi) is 2.77. The molecule has 0 aromatic carbocycles. The minimum Gasteiger partial charge on any atom is -0.387 e. The van der Waals surface area contributed by atoms with Crippen LogP contribution in [0.1, 0.15) is 37.5 Å². The Bertz CT molecular complexity index is 312. The molecule has 1 aromatic rings. The van der Waals surface area contributed by atoms with Gasteiger partial charge < -0.3 is 5.11 Å². The van der Waals surface area contributed by atoms with Crippen LogP contribution in [0.15, 0.2) is 18.3 Å². The first-order chi connectivity index (χ1) is 6.77. The maximum Gasteiger partial charge on any atom is 0.147 e. The Hall–Kier alpha value is -0.960. The predicted molar refractivity (Wildman–Crippen MR) is 51.1 cm³/mol. The summed E-state index contributed by atoms with van der Waals surface area (Å²) in [6.45, 7) is 0. The fourth-order valence-corrected chi connectivity index (χ4v) is 1.80. The van der Waals surface area contributed by atoms with E-state index < -0.39 is 11.9 Å². The number of hydrogen-bond donors (Lipinski definition) is 1. The lowest BCUT2D eigenvalue weighted by atomic mass is 9.81. The van der Waals surface area contributed by atoms with Gasteiger partial charge in [0.1, 0.15) is 11.5 Å². The Morgan fingerprint density at radius 2 is 2.36 bits per heavy atom. The van der Waals surface area contributed by atoms with E-state index >= 15 is 0 Å². The molecule has 2 rings (SSSR count). The number of aliphatic hydroxyl groups excluding tert-OH is 1. The van der Waals surface area contributed by atoms with Crippen molar-refractivity contribution >= 4 is 0 Å². The van der Waals surface area contributed by atoms with Crippen molar-refractivity contribution in [3.63, 3.8) is 0 Å². The molecule has 1 atom stereocenters. The van der Waals surface area contributed by atoms with Gasteiger partial charge in [0.05, 0.1) is 6.10 Å². The average molecular weight is 195 g/mol. The zero-order valence-electron chi connectivity index (χ0n) is 7.99. The van der Waals surface area contributed by atoms with Crippen molar-refractivity contribution in [3.8, 4) is 0 Å². The monoisotopic (exact) mass is 195 g/mol. The lowest BCUT2D eigenvalue weighted by molar-refractivity contribution is 0.111. The van der Waals surface area contributed by atoms with Crippen molar-refractivity contribution in [2.75, 3.05) is 0 Å². The molecule has 0 spiro atoms. The van der Waals surface area contributed by atoms with E-state index in [2.05, 4.69) is 4.98 Å². The summed E-state index contributed by atoms with van der Waals surface area (Å²) in [7, 11) is 0. The Morgan fingerprint density at radius 1 is 1.57 bits per heavy atom. The zero-order valence-corrected chi connectivity index (χ0v) is 7.99. The van der Waals surface area contributed by atoms with Crippen LogP contribution in [0.3, 0.4) is 0 Å². The normalized spacial score (nSPS) is 19.0. The van der Waals surface area contributed by atoms with Crippen LogP contribution in [0, 0.1) is 11.7 Å². The third-order valence-corrected chi connectivity index (χ3v) is 2.88. The van der Waals surface area contributed by atoms with Gasteiger partial charge in [0, 0.05) is 6.20 Å². The highest BCUT2D eigenvalue weighted by Gasteiger charge is 2.23. The predicted octanol–water partition coefficient (Wildman–Crippen LogP) is 2.44. The van der Waals surface area contributed by atoms with Crippen molar-refractivity contribution in [2.45, 2.75) is 31.8 Å². The van der Waals surface area contributed by atoms with Gasteiger partial charge in [-0.3, -0.25) is 4.98 Å². The molecule has 1 saturated carbocycles. The summed E-state index contributed by atoms with van der Waals surface area (Å²) in [6, 6.07) is 2.88. The second-order valence-corrected chi connectivity index (χ2v) is 3.92. The highest BCUT2D eigenvalue weighted by Crippen LogP contribution is 2.34. The van der Waals surface area contributed by atoms with Crippen LogP contribution >= 0.6 is 0 Å². The molecule has 0 aliphatic heterocycles. The van der Waals surface area contributed by atoms with Crippen molar-refractivity contribution in [1.29, 1.82) is 0 Å². The minimum absolute atomic E-state index is 0.194. The molecule has 0 radical (unpaired) electrons. The quantitative estimate of drug-likeness (QED) is 0.803. The van der Waals surface area contributed by atoms with Crippen molar-refractivity contribution in [1.82, 2.24) is 4.98 Å². The van der Waals surface area contributed by atoms with E-state index in [1.807, 2.05) is 0 Å². The van der Waals surface area contributed by atoms with E-state index in [1.165, 1.54) is 24.8 Å². The lowest BCUT2D eigenvalue weighted by Crippen LogP contribution is -2.16. The Balaban J connectivity index is 2.02. The van der Waals surface area contributed by atoms with Crippen LogP contribution in [0.5, 0.6) is 0 Å². The van der Waals surface area contributed by atoms with E-state index in [1.54, 1.807) is 0 Å². The first-order valence-electron chi connectivity index (χ1n) is 5.06. The Morgan fingerprint density at radius 3 is 2.93 bits per heavy atom. The maximum absolute atomic E-state index is 13.2. The molecule has 1 N–H and O–H groups in total. The molecule has 1 aliphatic rings. The summed E-state index contributed by atoms with van der Waals surface area (Å²) in [4.78, 5) is 3.86. The second kappa shape index (κ2) is 4.05. The number of aliphatic hydroxyl groups is 1. The second-order valence-electron chi connectivity index (χ2n) is 3.92. The third kappa shape index (κ3) is 1.93. The van der Waals surface area contributed by atoms with E-state index in [9.17, 15) is 9.50 Å². The number of aromatic nitrogens is 1. The van der Waals surface area contributed by atoms with Gasteiger partial charge in [0.2, 0.25) is 0 Å². The summed E-state index contributed by atoms with van der Waals surface area (Å²) >= 11 is 0. The summed E-state index contributed by atoms with van der Waals surface area (Å²) in [5, 5.41) is 9.73. The molecule has 76 valence electrons. The van der Waals surface area contributed by atoms with Crippen molar-refractivity contribution in [2.24, 2.45) is 5.92 Å². The van der Waals surface area contributed by atoms with Crippen LogP contribution in [0.25, 0.3) is 0 Å². The summed E-state index contributed by atoms with van der Waals surface area (Å²) in [5.41, 5.74) is 0.194. The number of pyridine rings is 1. The van der Waals surface area contributed by atoms with Crippen LogP contribution < -0.4 is 0 Å². The molecule has 0 saturated heterocycles. The van der Waals surface area contributed by atoms with Crippen LogP contribution in [0.2, 0.25) is 0 Å². The van der Waals surface area contributed by atoms with E-state index in [0.717, 1.165) is 12.8 Å². The molecule has 14 heavy (non-hydrogen) atoms. The first kappa shape index (κ1) is 9.59. The standard InChI is InChI=1S/C11H14FNO/c12-9-5-2-6-13-11(9)10(14)7-8-3-1-4-8/h2,5-6,8,10,14H,1,3-4,7H2. The van der Waals surface area contributed by atoms with Crippen molar-refractivity contribution in [3.05, 3.63) is 29.8 Å². The highest BCUT2D eigenvalue weighted by molar-refractivity contribution is 5.10. The van der Waals surface area contributed by atoms with Gasteiger partial charge in [0.15, 0.2) is 0 Å². The number of rotatable bonds is 3. The van der Waals surface area contributed by atoms with Crippen LogP contribution in [0.4, 0.5) is 4.39 Å². The Labute approximate surface area is 82.8 Å². The fraction of sp³-hybridized carbons (Fsp3) is 0.545. The lowest BCUT2D eigenvalue weighted by Gasteiger charge is -2.27. The van der Waals surface area contributed by atoms with Gasteiger partial charge >= 0.3 is 0 Å². The van der Waals surface area contributed by atoms with Crippen molar-refractivity contribution < 1.29 is 9.50 Å². The molecule has 1 aliphatic carbocycles. The van der Waals surface area contributed by atoms with Gasteiger partial charge in [-0.1, -0.05) is 19.3 Å². The molecule has 1 heterocycles. The third-order valence-electron chi connectivity index (χ3n) is 2.88. The van der Waals surface area contributed by atoms with E-state index in [-0.39, 0.29) is 5.69 Å². The molecule has 2 nitrogen and oxygen atoms in total. The molecule has 0 bridgehead atoms. The highest BCUT2D eigenvalue weighted by atomic mass is 19.1. The maximum atomic E-state index is 13.2. The van der Waals surface area contributed by atoms with Gasteiger partial charge in [-0.05, 0) is 24.5 Å². The fourth-order valence-electron chi connectivity index (χ4n) is 1.80. The molecular formula is C11H14FNO. The number of halogens is 1. The molecular weight excluding hydrogens is 181 g/mol. The van der Waals surface area contributed by atoms with Crippen LogP contribution in [-0.2, 0) is 0 Å². The first-order valence-corrected chi connectivity index (χ1v) is 5.06. The largest absolute Gasteiger partial charge is 0.387 e. The minimum atomic E-state index is -0.735. The van der Waals surface area contributed by atoms with E-state index in [4.69, 9.17) is 0 Å². The molecule has 0 amide bonds. The molecule has 1 fully saturated rings. The average Bonchev–Trinajstić information content (AvgIpc) is 2.12. The smallest absolute Gasteiger partial charge is 0.147 e. The van der Waals surface area contributed by atoms with Gasteiger partial charge in [-0.15, -0.1) is 0 Å². The summed E-state index contributed by atoms with van der Waals surface area (Å²) in [5.74, 6) is 0.158. The molecule has 1 unspecified atom stereocenters. The summed E-state index contributed by atoms with van der Waals surface area (Å²) in [6.07, 6.45) is 4.98. The van der Waals surface area contributed by atoms with Gasteiger partial charge in [-0.25, -0.2) is 4.39 Å². The number of hydrogen-bond acceptors (Lipinski definition) is 2. The van der Waals surface area contributed by atoms with Crippen LogP contribution in [-0.4, -0.2) is 10.1 Å². The SMILES string of the molecule is OC(CC1CCC1)c1ncccc1F.